The standard InChI is InChI=1S/C12H22N2O2/c1-12(2)7-13(3)10(6-15)11(16)14(8-12)9-4-5-9/h9-10,15H,4-8H2,1-3H3. The number of nitrogens with zero attached hydrogens (tertiary/aromatic N) is 2. The van der Waals surface area contributed by atoms with Gasteiger partial charge in [0.25, 0.3) is 0 Å². The minimum atomic E-state index is -0.345. The third kappa shape index (κ3) is 2.23. The quantitative estimate of drug-likeness (QED) is 0.737. The molecule has 1 aliphatic carbocycles. The average Bonchev–Trinajstić information content (AvgIpc) is 2.96. The van der Waals surface area contributed by atoms with E-state index in [1.165, 1.54) is 0 Å². The number of hydrogen-bond donors (Lipinski definition) is 1. The Bertz CT molecular complexity index is 287. The number of aliphatic hydroxyl groups excluding tert-OH is 1. The van der Waals surface area contributed by atoms with Crippen LogP contribution in [0.1, 0.15) is 26.7 Å². The van der Waals surface area contributed by atoms with Gasteiger partial charge in [-0.05, 0) is 25.3 Å². The second-order valence-corrected chi connectivity index (χ2v) is 5.98. The second kappa shape index (κ2) is 4.00. The summed E-state index contributed by atoms with van der Waals surface area (Å²) in [5, 5.41) is 9.36. The lowest BCUT2D eigenvalue weighted by Crippen LogP contribution is -2.47. The normalized spacial score (nSPS) is 31.6. The third-order valence-corrected chi connectivity index (χ3v) is 3.54. The first-order valence-corrected chi connectivity index (χ1v) is 6.06. The summed E-state index contributed by atoms with van der Waals surface area (Å²) in [6.07, 6.45) is 2.26. The van der Waals surface area contributed by atoms with Crippen molar-refractivity contribution in [2.75, 3.05) is 26.7 Å². The Morgan fingerprint density at radius 1 is 1.38 bits per heavy atom. The highest BCUT2D eigenvalue weighted by Crippen LogP contribution is 2.33. The molecule has 1 aliphatic heterocycles. The Labute approximate surface area is 97.2 Å². The molecule has 0 aromatic carbocycles. The first kappa shape index (κ1) is 11.9. The summed E-state index contributed by atoms with van der Waals surface area (Å²) in [6.45, 7) is 5.97. The van der Waals surface area contributed by atoms with Crippen LogP contribution in [0.15, 0.2) is 0 Å². The first-order valence-electron chi connectivity index (χ1n) is 6.06. The molecule has 2 aliphatic rings. The molecule has 1 saturated carbocycles. The van der Waals surface area contributed by atoms with Crippen molar-refractivity contribution in [2.24, 2.45) is 5.41 Å². The summed E-state index contributed by atoms with van der Waals surface area (Å²) in [7, 11) is 1.93. The molecule has 92 valence electrons. The fraction of sp³-hybridized carbons (Fsp3) is 0.917. The van der Waals surface area contributed by atoms with Gasteiger partial charge < -0.3 is 10.0 Å². The number of carbonyl (C=O) groups excluding carboxylic acids is 1. The smallest absolute Gasteiger partial charge is 0.242 e. The predicted octanol–water partition coefficient (Wildman–Crippen LogP) is 0.310. The number of carbonyl (C=O) groups is 1. The van der Waals surface area contributed by atoms with Gasteiger partial charge in [-0.15, -0.1) is 0 Å². The maximum atomic E-state index is 12.3. The van der Waals surface area contributed by atoms with E-state index in [-0.39, 0.29) is 24.0 Å². The average molecular weight is 226 g/mol. The molecule has 1 heterocycles. The third-order valence-electron chi connectivity index (χ3n) is 3.54. The summed E-state index contributed by atoms with van der Waals surface area (Å²) in [5.74, 6) is 0.109. The van der Waals surface area contributed by atoms with Gasteiger partial charge in [-0.2, -0.15) is 0 Å². The molecule has 4 heteroatoms. The molecule has 4 nitrogen and oxygen atoms in total. The second-order valence-electron chi connectivity index (χ2n) is 5.98. The van der Waals surface area contributed by atoms with Crippen LogP contribution < -0.4 is 0 Å². The summed E-state index contributed by atoms with van der Waals surface area (Å²) >= 11 is 0. The highest BCUT2D eigenvalue weighted by Gasteiger charge is 2.43. The Kier molecular flexibility index (Phi) is 2.97. The number of likely N-dealkylation sites (N-methyl/N-ethyl adjacent to an activating group) is 1. The number of hydrogen-bond acceptors (Lipinski definition) is 3. The zero-order valence-corrected chi connectivity index (χ0v) is 10.4. The molecular weight excluding hydrogens is 204 g/mol. The molecule has 1 atom stereocenters. The Morgan fingerprint density at radius 3 is 2.50 bits per heavy atom. The van der Waals surface area contributed by atoms with Gasteiger partial charge in [0.1, 0.15) is 6.04 Å². The Morgan fingerprint density at radius 2 is 2.00 bits per heavy atom. The van der Waals surface area contributed by atoms with Crippen molar-refractivity contribution in [3.63, 3.8) is 0 Å². The van der Waals surface area contributed by atoms with Gasteiger partial charge in [-0.25, -0.2) is 0 Å². The SMILES string of the molecule is CN1CC(C)(C)CN(C2CC2)C(=O)C1CO. The largest absolute Gasteiger partial charge is 0.394 e. The van der Waals surface area contributed by atoms with E-state index >= 15 is 0 Å². The van der Waals surface area contributed by atoms with Crippen LogP contribution in [0.2, 0.25) is 0 Å². The van der Waals surface area contributed by atoms with Crippen molar-refractivity contribution < 1.29 is 9.90 Å². The monoisotopic (exact) mass is 226 g/mol. The van der Waals surface area contributed by atoms with E-state index in [1.807, 2.05) is 16.8 Å². The highest BCUT2D eigenvalue weighted by atomic mass is 16.3. The van der Waals surface area contributed by atoms with Crippen LogP contribution >= 0.6 is 0 Å². The van der Waals surface area contributed by atoms with Crippen molar-refractivity contribution in [3.05, 3.63) is 0 Å². The molecule has 1 unspecified atom stereocenters. The van der Waals surface area contributed by atoms with Gasteiger partial charge in [0.15, 0.2) is 0 Å². The summed E-state index contributed by atoms with van der Waals surface area (Å²) in [5.41, 5.74) is 0.108. The van der Waals surface area contributed by atoms with Crippen LogP contribution in [-0.2, 0) is 4.79 Å². The van der Waals surface area contributed by atoms with Crippen molar-refractivity contribution >= 4 is 5.91 Å². The van der Waals surface area contributed by atoms with Crippen molar-refractivity contribution in [3.8, 4) is 0 Å². The lowest BCUT2D eigenvalue weighted by atomic mass is 9.92. The molecule has 2 fully saturated rings. The van der Waals surface area contributed by atoms with Crippen molar-refractivity contribution in [2.45, 2.75) is 38.8 Å². The fourth-order valence-corrected chi connectivity index (χ4v) is 2.67. The van der Waals surface area contributed by atoms with Crippen LogP contribution in [0.25, 0.3) is 0 Å². The molecule has 1 N–H and O–H groups in total. The lowest BCUT2D eigenvalue weighted by molar-refractivity contribution is -0.137. The maximum Gasteiger partial charge on any atom is 0.242 e. The van der Waals surface area contributed by atoms with E-state index in [0.717, 1.165) is 25.9 Å². The number of aliphatic hydroxyl groups is 1. The molecule has 0 bridgehead atoms. The number of amides is 1. The highest BCUT2D eigenvalue weighted by molar-refractivity contribution is 5.83. The van der Waals surface area contributed by atoms with Gasteiger partial charge >= 0.3 is 0 Å². The van der Waals surface area contributed by atoms with E-state index in [2.05, 4.69) is 13.8 Å². The van der Waals surface area contributed by atoms with E-state index in [0.29, 0.717) is 6.04 Å². The number of rotatable bonds is 2. The molecule has 0 aromatic heterocycles. The van der Waals surface area contributed by atoms with Crippen LogP contribution in [-0.4, -0.2) is 59.6 Å². The molecule has 1 amide bonds. The first-order chi connectivity index (χ1) is 7.44. The molecule has 16 heavy (non-hydrogen) atoms. The molecule has 0 radical (unpaired) electrons. The van der Waals surface area contributed by atoms with Gasteiger partial charge in [0.2, 0.25) is 5.91 Å². The van der Waals surface area contributed by atoms with Gasteiger partial charge in [-0.1, -0.05) is 13.8 Å². The summed E-state index contributed by atoms with van der Waals surface area (Å²) in [6, 6.07) is 0.0923. The Balaban J connectivity index is 2.22. The predicted molar refractivity (Wildman–Crippen MR) is 62.0 cm³/mol. The van der Waals surface area contributed by atoms with Crippen molar-refractivity contribution in [1.29, 1.82) is 0 Å². The fourth-order valence-electron chi connectivity index (χ4n) is 2.67. The summed E-state index contributed by atoms with van der Waals surface area (Å²) < 4.78 is 0. The van der Waals surface area contributed by atoms with E-state index < -0.39 is 0 Å². The van der Waals surface area contributed by atoms with E-state index in [9.17, 15) is 9.90 Å². The van der Waals surface area contributed by atoms with E-state index in [1.54, 1.807) is 0 Å². The maximum absolute atomic E-state index is 12.3. The van der Waals surface area contributed by atoms with Crippen LogP contribution in [0, 0.1) is 5.41 Å². The van der Waals surface area contributed by atoms with E-state index in [4.69, 9.17) is 0 Å². The molecule has 0 spiro atoms. The lowest BCUT2D eigenvalue weighted by Gasteiger charge is -2.29. The molecule has 0 aromatic rings. The molecule has 1 saturated heterocycles. The topological polar surface area (TPSA) is 43.8 Å². The van der Waals surface area contributed by atoms with Gasteiger partial charge in [0.05, 0.1) is 6.61 Å². The van der Waals surface area contributed by atoms with Gasteiger partial charge in [-0.3, -0.25) is 9.69 Å². The van der Waals surface area contributed by atoms with Crippen LogP contribution in [0.3, 0.4) is 0 Å². The molecule has 2 rings (SSSR count). The molecular formula is C12H22N2O2. The Hall–Kier alpha value is -0.610. The zero-order chi connectivity index (χ0) is 11.9. The zero-order valence-electron chi connectivity index (χ0n) is 10.4. The summed E-state index contributed by atoms with van der Waals surface area (Å²) in [4.78, 5) is 16.3. The van der Waals surface area contributed by atoms with Crippen LogP contribution in [0.4, 0.5) is 0 Å². The minimum Gasteiger partial charge on any atom is -0.394 e. The minimum absolute atomic E-state index is 0.0748. The van der Waals surface area contributed by atoms with Crippen LogP contribution in [0.5, 0.6) is 0 Å². The van der Waals surface area contributed by atoms with Crippen molar-refractivity contribution in [1.82, 2.24) is 9.80 Å². The van der Waals surface area contributed by atoms with Gasteiger partial charge in [0, 0.05) is 19.1 Å².